The molecule has 0 aliphatic carbocycles. The zero-order valence-corrected chi connectivity index (χ0v) is 12.0. The van der Waals surface area contributed by atoms with Gasteiger partial charge in [-0.2, -0.15) is 4.98 Å². The van der Waals surface area contributed by atoms with Crippen LogP contribution in [0.15, 0.2) is 41.2 Å². The van der Waals surface area contributed by atoms with E-state index in [9.17, 15) is 0 Å². The lowest BCUT2D eigenvalue weighted by Gasteiger charge is -2.06. The van der Waals surface area contributed by atoms with Gasteiger partial charge in [-0.05, 0) is 42.7 Å². The molecule has 0 saturated carbocycles. The monoisotopic (exact) mass is 280 g/mol. The molecule has 21 heavy (non-hydrogen) atoms. The smallest absolute Gasteiger partial charge is 0.260 e. The molecule has 2 heterocycles. The number of aryl methyl sites for hydroxylation is 2. The third kappa shape index (κ3) is 2.76. The first-order chi connectivity index (χ1) is 10.1. The van der Waals surface area contributed by atoms with Crippen LogP contribution in [0, 0.1) is 13.8 Å². The van der Waals surface area contributed by atoms with Crippen LogP contribution in [0.2, 0.25) is 0 Å². The number of hydrogen-bond acceptors (Lipinski definition) is 5. The van der Waals surface area contributed by atoms with E-state index in [0.717, 1.165) is 22.3 Å². The van der Waals surface area contributed by atoms with Crippen LogP contribution in [0.3, 0.4) is 0 Å². The summed E-state index contributed by atoms with van der Waals surface area (Å²) in [4.78, 5) is 8.51. The molecule has 1 aromatic carbocycles. The quantitative estimate of drug-likeness (QED) is 0.746. The van der Waals surface area contributed by atoms with Crippen LogP contribution in [0.25, 0.3) is 11.5 Å². The van der Waals surface area contributed by atoms with Gasteiger partial charge in [0.15, 0.2) is 5.82 Å². The molecule has 3 aromatic rings. The van der Waals surface area contributed by atoms with E-state index in [1.54, 1.807) is 12.4 Å². The van der Waals surface area contributed by atoms with E-state index in [2.05, 4.69) is 15.1 Å². The summed E-state index contributed by atoms with van der Waals surface area (Å²) in [6.07, 6.45) is 4.12. The molecule has 0 spiro atoms. The molecule has 0 amide bonds. The standard InChI is InChI=1S/C16H16N4O/c1-10-6-11(2)15(17)13(7-10)16-19-14(20-21-16)8-12-4-3-5-18-9-12/h3-7,9H,8,17H2,1-2H3. The molecule has 0 bridgehead atoms. The highest BCUT2D eigenvalue weighted by Gasteiger charge is 2.14. The molecule has 0 aliphatic heterocycles. The summed E-state index contributed by atoms with van der Waals surface area (Å²) in [5.41, 5.74) is 10.7. The lowest BCUT2D eigenvalue weighted by atomic mass is 10.0. The van der Waals surface area contributed by atoms with Crippen molar-refractivity contribution in [1.29, 1.82) is 0 Å². The molecule has 106 valence electrons. The van der Waals surface area contributed by atoms with E-state index in [-0.39, 0.29) is 0 Å². The van der Waals surface area contributed by atoms with Gasteiger partial charge < -0.3 is 10.3 Å². The Kier molecular flexibility index (Phi) is 3.39. The topological polar surface area (TPSA) is 77.8 Å². The van der Waals surface area contributed by atoms with Crippen LogP contribution in [-0.2, 0) is 6.42 Å². The minimum atomic E-state index is 0.457. The number of nitrogens with zero attached hydrogens (tertiary/aromatic N) is 3. The van der Waals surface area contributed by atoms with Crippen molar-refractivity contribution in [1.82, 2.24) is 15.1 Å². The number of pyridine rings is 1. The van der Waals surface area contributed by atoms with Gasteiger partial charge in [0.1, 0.15) is 0 Å². The van der Waals surface area contributed by atoms with Gasteiger partial charge in [-0.25, -0.2) is 0 Å². The van der Waals surface area contributed by atoms with Crippen LogP contribution >= 0.6 is 0 Å². The Balaban J connectivity index is 1.92. The largest absolute Gasteiger partial charge is 0.398 e. The van der Waals surface area contributed by atoms with E-state index >= 15 is 0 Å². The van der Waals surface area contributed by atoms with Gasteiger partial charge in [0.2, 0.25) is 0 Å². The Bertz CT molecular complexity index is 765. The number of anilines is 1. The number of aromatic nitrogens is 3. The second kappa shape index (κ2) is 5.36. The summed E-state index contributed by atoms with van der Waals surface area (Å²) in [6, 6.07) is 7.86. The maximum absolute atomic E-state index is 6.11. The summed E-state index contributed by atoms with van der Waals surface area (Å²) in [6.45, 7) is 3.99. The Morgan fingerprint density at radius 1 is 1.24 bits per heavy atom. The fourth-order valence-corrected chi connectivity index (χ4v) is 2.28. The van der Waals surface area contributed by atoms with Crippen LogP contribution in [0.4, 0.5) is 5.69 Å². The molecule has 0 radical (unpaired) electrons. The van der Waals surface area contributed by atoms with Gasteiger partial charge in [-0.1, -0.05) is 17.3 Å². The molecule has 0 atom stereocenters. The van der Waals surface area contributed by atoms with Crippen molar-refractivity contribution in [2.75, 3.05) is 5.73 Å². The molecule has 0 fully saturated rings. The fourth-order valence-electron chi connectivity index (χ4n) is 2.28. The van der Waals surface area contributed by atoms with E-state index in [1.807, 2.05) is 38.1 Å². The molecule has 2 aromatic heterocycles. The average molecular weight is 280 g/mol. The molecular weight excluding hydrogens is 264 g/mol. The normalized spacial score (nSPS) is 10.8. The fraction of sp³-hybridized carbons (Fsp3) is 0.188. The van der Waals surface area contributed by atoms with Crippen molar-refractivity contribution in [3.05, 3.63) is 59.2 Å². The Morgan fingerprint density at radius 2 is 2.10 bits per heavy atom. The zero-order valence-electron chi connectivity index (χ0n) is 12.0. The summed E-state index contributed by atoms with van der Waals surface area (Å²) in [5.74, 6) is 1.08. The number of nitrogens with two attached hydrogens (primary N) is 1. The predicted molar refractivity (Wildman–Crippen MR) is 80.7 cm³/mol. The van der Waals surface area contributed by atoms with Crippen LogP contribution in [0.5, 0.6) is 0 Å². The van der Waals surface area contributed by atoms with Gasteiger partial charge >= 0.3 is 0 Å². The average Bonchev–Trinajstić information content (AvgIpc) is 2.92. The van der Waals surface area contributed by atoms with Crippen LogP contribution in [-0.4, -0.2) is 15.1 Å². The number of hydrogen-bond donors (Lipinski definition) is 1. The van der Waals surface area contributed by atoms with E-state index in [0.29, 0.717) is 23.8 Å². The molecule has 0 aliphatic rings. The van der Waals surface area contributed by atoms with Crippen molar-refractivity contribution < 1.29 is 4.52 Å². The van der Waals surface area contributed by atoms with Crippen LogP contribution in [0.1, 0.15) is 22.5 Å². The Morgan fingerprint density at radius 3 is 2.86 bits per heavy atom. The SMILES string of the molecule is Cc1cc(C)c(N)c(-c2nc(Cc3cccnc3)no2)c1. The summed E-state index contributed by atoms with van der Waals surface area (Å²) in [7, 11) is 0. The first-order valence-corrected chi connectivity index (χ1v) is 6.72. The number of benzene rings is 1. The van der Waals surface area contributed by atoms with Crippen molar-refractivity contribution in [3.63, 3.8) is 0 Å². The lowest BCUT2D eigenvalue weighted by Crippen LogP contribution is -1.96. The number of nitrogen functional groups attached to an aromatic ring is 1. The highest BCUT2D eigenvalue weighted by molar-refractivity contribution is 5.74. The molecule has 0 unspecified atom stereocenters. The van der Waals surface area contributed by atoms with Gasteiger partial charge in [0, 0.05) is 24.5 Å². The summed E-state index contributed by atoms with van der Waals surface area (Å²) in [5, 5.41) is 4.02. The van der Waals surface area contributed by atoms with Crippen molar-refractivity contribution >= 4 is 5.69 Å². The third-order valence-electron chi connectivity index (χ3n) is 3.31. The molecule has 5 heteroatoms. The lowest BCUT2D eigenvalue weighted by molar-refractivity contribution is 0.424. The maximum Gasteiger partial charge on any atom is 0.260 e. The third-order valence-corrected chi connectivity index (χ3v) is 3.31. The van der Waals surface area contributed by atoms with Crippen LogP contribution < -0.4 is 5.73 Å². The Labute approximate surface area is 122 Å². The van der Waals surface area contributed by atoms with Crippen molar-refractivity contribution in [3.8, 4) is 11.5 Å². The summed E-state index contributed by atoms with van der Waals surface area (Å²) >= 11 is 0. The first-order valence-electron chi connectivity index (χ1n) is 6.72. The number of rotatable bonds is 3. The molecule has 5 nitrogen and oxygen atoms in total. The van der Waals surface area contributed by atoms with Crippen molar-refractivity contribution in [2.45, 2.75) is 20.3 Å². The minimum Gasteiger partial charge on any atom is -0.398 e. The molecule has 0 saturated heterocycles. The second-order valence-corrected chi connectivity index (χ2v) is 5.10. The Hall–Kier alpha value is -2.69. The second-order valence-electron chi connectivity index (χ2n) is 5.10. The van der Waals surface area contributed by atoms with Gasteiger partial charge in [-0.3, -0.25) is 4.98 Å². The summed E-state index contributed by atoms with van der Waals surface area (Å²) < 4.78 is 5.35. The first kappa shape index (κ1) is 13.3. The van der Waals surface area contributed by atoms with E-state index < -0.39 is 0 Å². The maximum atomic E-state index is 6.11. The highest BCUT2D eigenvalue weighted by atomic mass is 16.5. The van der Waals surface area contributed by atoms with E-state index in [4.69, 9.17) is 10.3 Å². The predicted octanol–water partition coefficient (Wildman–Crippen LogP) is 2.92. The van der Waals surface area contributed by atoms with Crippen molar-refractivity contribution in [2.24, 2.45) is 0 Å². The van der Waals surface area contributed by atoms with E-state index in [1.165, 1.54) is 0 Å². The zero-order chi connectivity index (χ0) is 14.8. The van der Waals surface area contributed by atoms with Gasteiger partial charge in [0.05, 0.1) is 5.56 Å². The van der Waals surface area contributed by atoms with Gasteiger partial charge in [-0.15, -0.1) is 0 Å². The molecule has 3 rings (SSSR count). The minimum absolute atomic E-state index is 0.457. The molecular formula is C16H16N4O. The van der Waals surface area contributed by atoms with Gasteiger partial charge in [0.25, 0.3) is 5.89 Å². The molecule has 2 N–H and O–H groups in total. The highest BCUT2D eigenvalue weighted by Crippen LogP contribution is 2.28.